The summed E-state index contributed by atoms with van der Waals surface area (Å²) in [6.07, 6.45) is 2.38. The number of hydrogen-bond donors (Lipinski definition) is 1. The van der Waals surface area contributed by atoms with Gasteiger partial charge in [-0.1, -0.05) is 0 Å². The lowest BCUT2D eigenvalue weighted by molar-refractivity contribution is -0.138. The van der Waals surface area contributed by atoms with Crippen molar-refractivity contribution in [2.75, 3.05) is 6.61 Å². The molecular weight excluding hydrogens is 337 g/mol. The third kappa shape index (κ3) is 3.39. The van der Waals surface area contributed by atoms with E-state index in [1.165, 1.54) is 6.92 Å². The summed E-state index contributed by atoms with van der Waals surface area (Å²) in [6, 6.07) is -0.0291. The Balaban J connectivity index is 2.50. The Morgan fingerprint density at radius 2 is 1.54 bits per heavy atom. The van der Waals surface area contributed by atoms with Crippen LogP contribution in [0, 0.1) is 29.1 Å². The molecule has 1 aliphatic carbocycles. The Bertz CT molecular complexity index is 699. The van der Waals surface area contributed by atoms with Crippen LogP contribution in [-0.2, 0) is 9.53 Å². The van der Waals surface area contributed by atoms with Crippen LogP contribution in [0.2, 0.25) is 0 Å². The smallest absolute Gasteiger partial charge is 0.343 e. The number of ether oxygens (including phenoxy) is 1. The summed E-state index contributed by atoms with van der Waals surface area (Å²) in [5, 5.41) is 2.64. The quantitative estimate of drug-likeness (QED) is 0.125. The number of rotatable bonds is 6. The predicted octanol–water partition coefficient (Wildman–Crippen LogP) is 2.76. The number of carbonyl (C=O) groups is 2. The van der Waals surface area contributed by atoms with E-state index in [0.717, 1.165) is 19.0 Å². The van der Waals surface area contributed by atoms with E-state index in [1.807, 2.05) is 0 Å². The Kier molecular flexibility index (Phi) is 5.20. The van der Waals surface area contributed by atoms with Crippen molar-refractivity contribution in [1.82, 2.24) is 5.32 Å². The number of carbonyl (C=O) groups excluding carboxylic acids is 2. The first-order chi connectivity index (χ1) is 11.3. The molecule has 0 atom stereocenters. The summed E-state index contributed by atoms with van der Waals surface area (Å²) < 4.78 is 71.6. The summed E-state index contributed by atoms with van der Waals surface area (Å²) in [4.78, 5) is 24.0. The zero-order valence-corrected chi connectivity index (χ0v) is 12.4. The summed E-state index contributed by atoms with van der Waals surface area (Å²) in [7, 11) is 0. The molecule has 0 bridgehead atoms. The van der Waals surface area contributed by atoms with Crippen molar-refractivity contribution < 1.29 is 36.3 Å². The van der Waals surface area contributed by atoms with E-state index in [4.69, 9.17) is 0 Å². The van der Waals surface area contributed by atoms with Crippen molar-refractivity contribution in [1.29, 1.82) is 0 Å². The maximum Gasteiger partial charge on any atom is 0.343 e. The molecule has 2 rings (SSSR count). The van der Waals surface area contributed by atoms with Crippen molar-refractivity contribution in [3.63, 3.8) is 0 Å². The van der Waals surface area contributed by atoms with Crippen molar-refractivity contribution in [3.8, 4) is 0 Å². The molecule has 0 aromatic heterocycles. The number of nitrogens with one attached hydrogen (secondary N) is 1. The van der Waals surface area contributed by atoms with Gasteiger partial charge in [-0.05, 0) is 19.8 Å². The SMILES string of the molecule is CCOC(=O)/C(=C\NC1CC1)C(=O)c1c(F)c(F)c(F)c(F)c1F. The van der Waals surface area contributed by atoms with Crippen molar-refractivity contribution in [3.05, 3.63) is 46.4 Å². The van der Waals surface area contributed by atoms with E-state index in [2.05, 4.69) is 10.1 Å². The van der Waals surface area contributed by atoms with Crippen LogP contribution in [0.5, 0.6) is 0 Å². The summed E-state index contributed by atoms with van der Waals surface area (Å²) in [5.41, 5.74) is -2.56. The minimum atomic E-state index is -2.39. The molecule has 0 saturated heterocycles. The summed E-state index contributed by atoms with van der Waals surface area (Å²) >= 11 is 0. The van der Waals surface area contributed by atoms with Gasteiger partial charge in [0.2, 0.25) is 11.6 Å². The average molecular weight is 349 g/mol. The molecule has 0 unspecified atom stereocenters. The minimum Gasteiger partial charge on any atom is -0.462 e. The zero-order valence-electron chi connectivity index (χ0n) is 12.4. The van der Waals surface area contributed by atoms with Gasteiger partial charge in [-0.3, -0.25) is 4.79 Å². The number of hydrogen-bond acceptors (Lipinski definition) is 4. The van der Waals surface area contributed by atoms with Gasteiger partial charge in [0, 0.05) is 12.2 Å². The number of halogens is 5. The van der Waals surface area contributed by atoms with Crippen LogP contribution in [0.15, 0.2) is 11.8 Å². The molecule has 9 heteroatoms. The molecular formula is C15H12F5NO3. The highest BCUT2D eigenvalue weighted by atomic mass is 19.2. The topological polar surface area (TPSA) is 55.4 Å². The van der Waals surface area contributed by atoms with E-state index >= 15 is 0 Å². The van der Waals surface area contributed by atoms with Gasteiger partial charge in [-0.2, -0.15) is 0 Å². The lowest BCUT2D eigenvalue weighted by atomic mass is 10.0. The molecule has 1 N–H and O–H groups in total. The Morgan fingerprint density at radius 1 is 1.04 bits per heavy atom. The summed E-state index contributed by atoms with van der Waals surface area (Å²) in [5.74, 6) is -14.4. The van der Waals surface area contributed by atoms with Gasteiger partial charge in [0.15, 0.2) is 23.3 Å². The Morgan fingerprint density at radius 3 is 2.00 bits per heavy atom. The molecule has 0 heterocycles. The highest BCUT2D eigenvalue weighted by molar-refractivity contribution is 6.24. The molecule has 1 saturated carbocycles. The third-order valence-electron chi connectivity index (χ3n) is 3.22. The van der Waals surface area contributed by atoms with Crippen molar-refractivity contribution in [2.45, 2.75) is 25.8 Å². The van der Waals surface area contributed by atoms with Crippen LogP contribution in [0.3, 0.4) is 0 Å². The second-order valence-corrected chi connectivity index (χ2v) is 4.99. The molecule has 1 aromatic rings. The lowest BCUT2D eigenvalue weighted by Gasteiger charge is -2.10. The van der Waals surface area contributed by atoms with E-state index in [0.29, 0.717) is 0 Å². The average Bonchev–Trinajstić information content (AvgIpc) is 3.36. The second kappa shape index (κ2) is 6.98. The summed E-state index contributed by atoms with van der Waals surface area (Å²) in [6.45, 7) is 1.27. The van der Waals surface area contributed by atoms with Crippen molar-refractivity contribution >= 4 is 11.8 Å². The van der Waals surface area contributed by atoms with Gasteiger partial charge < -0.3 is 10.1 Å². The molecule has 1 aliphatic rings. The van der Waals surface area contributed by atoms with Gasteiger partial charge >= 0.3 is 5.97 Å². The molecule has 4 nitrogen and oxygen atoms in total. The lowest BCUT2D eigenvalue weighted by Crippen LogP contribution is -2.23. The molecule has 24 heavy (non-hydrogen) atoms. The molecule has 1 aromatic carbocycles. The third-order valence-corrected chi connectivity index (χ3v) is 3.22. The highest BCUT2D eigenvalue weighted by Gasteiger charge is 2.34. The highest BCUT2D eigenvalue weighted by Crippen LogP contribution is 2.26. The molecule has 0 radical (unpaired) electrons. The largest absolute Gasteiger partial charge is 0.462 e. The number of ketones is 1. The van der Waals surface area contributed by atoms with E-state index in [9.17, 15) is 31.5 Å². The molecule has 130 valence electrons. The maximum absolute atomic E-state index is 13.7. The van der Waals surface area contributed by atoms with E-state index in [1.54, 1.807) is 0 Å². The second-order valence-electron chi connectivity index (χ2n) is 4.99. The number of benzene rings is 1. The Labute approximate surface area is 133 Å². The minimum absolute atomic E-state index is 0.0291. The van der Waals surface area contributed by atoms with Crippen LogP contribution in [0.1, 0.15) is 30.1 Å². The number of Topliss-reactive ketones (excluding diaryl/α,β-unsaturated/α-hetero) is 1. The fourth-order valence-corrected chi connectivity index (χ4v) is 1.82. The maximum atomic E-state index is 13.7. The van der Waals surface area contributed by atoms with Gasteiger partial charge in [0.05, 0.1) is 6.61 Å². The first-order valence-corrected chi connectivity index (χ1v) is 6.99. The van der Waals surface area contributed by atoms with Crippen LogP contribution >= 0.6 is 0 Å². The predicted molar refractivity (Wildman–Crippen MR) is 71.4 cm³/mol. The van der Waals surface area contributed by atoms with Gasteiger partial charge in [0.1, 0.15) is 11.1 Å². The zero-order chi connectivity index (χ0) is 18.0. The molecule has 1 fully saturated rings. The monoisotopic (exact) mass is 349 g/mol. The fraction of sp³-hybridized carbons (Fsp3) is 0.333. The van der Waals surface area contributed by atoms with Gasteiger partial charge in [0.25, 0.3) is 0 Å². The van der Waals surface area contributed by atoms with E-state index in [-0.39, 0.29) is 12.6 Å². The standard InChI is InChI=1S/C15H12F5NO3/c1-2-24-15(23)7(5-21-6-3-4-6)14(22)8-9(16)11(18)13(20)12(19)10(8)17/h5-6,21H,2-4H2,1H3/b7-5-. The normalized spacial score (nSPS) is 14.5. The number of esters is 1. The van der Waals surface area contributed by atoms with Gasteiger partial charge in [-0.25, -0.2) is 26.7 Å². The van der Waals surface area contributed by atoms with Crippen LogP contribution in [0.25, 0.3) is 0 Å². The van der Waals surface area contributed by atoms with Crippen LogP contribution in [-0.4, -0.2) is 24.4 Å². The van der Waals surface area contributed by atoms with Crippen molar-refractivity contribution in [2.24, 2.45) is 0 Å². The first kappa shape index (κ1) is 17.9. The first-order valence-electron chi connectivity index (χ1n) is 6.99. The van der Waals surface area contributed by atoms with Crippen LogP contribution < -0.4 is 5.32 Å². The molecule has 0 spiro atoms. The Hall–Kier alpha value is -2.45. The van der Waals surface area contributed by atoms with E-state index < -0.39 is 52.0 Å². The van der Waals surface area contributed by atoms with Gasteiger partial charge in [-0.15, -0.1) is 0 Å². The van der Waals surface area contributed by atoms with Crippen LogP contribution in [0.4, 0.5) is 22.0 Å². The fourth-order valence-electron chi connectivity index (χ4n) is 1.82. The molecule has 0 aliphatic heterocycles. The molecule has 0 amide bonds.